The highest BCUT2D eigenvalue weighted by Crippen LogP contribution is 2.48. The molecule has 0 atom stereocenters. The Morgan fingerprint density at radius 2 is 1.92 bits per heavy atom. The lowest BCUT2D eigenvalue weighted by atomic mass is 9.96. The van der Waals surface area contributed by atoms with Gasteiger partial charge in [0.25, 0.3) is 0 Å². The summed E-state index contributed by atoms with van der Waals surface area (Å²) in [4.78, 5) is 9.17. The van der Waals surface area contributed by atoms with E-state index in [-0.39, 0.29) is 29.4 Å². The van der Waals surface area contributed by atoms with Crippen LogP contribution >= 0.6 is 35.6 Å². The van der Waals surface area contributed by atoms with Crippen LogP contribution in [-0.4, -0.2) is 30.6 Å². The van der Waals surface area contributed by atoms with Crippen molar-refractivity contribution in [1.29, 1.82) is 0 Å². The van der Waals surface area contributed by atoms with Crippen molar-refractivity contribution in [2.45, 2.75) is 31.6 Å². The predicted molar refractivity (Wildman–Crippen MR) is 120 cm³/mol. The van der Waals surface area contributed by atoms with Crippen LogP contribution in [0.5, 0.6) is 0 Å². The Kier molecular flexibility index (Phi) is 8.15. The van der Waals surface area contributed by atoms with E-state index in [2.05, 4.69) is 34.7 Å². The summed E-state index contributed by atoms with van der Waals surface area (Å²) in [6, 6.07) is 14.2. The van der Waals surface area contributed by atoms with E-state index >= 15 is 0 Å². The lowest BCUT2D eigenvalue weighted by Gasteiger charge is -2.16. The molecule has 6 heteroatoms. The third-order valence-corrected chi connectivity index (χ3v) is 4.85. The smallest absolute Gasteiger partial charge is 0.191 e. The molecule has 0 amide bonds. The molecular formula is C20H26ClIN4. The second kappa shape index (κ2) is 10.1. The molecule has 1 aliphatic rings. The van der Waals surface area contributed by atoms with Crippen molar-refractivity contribution < 1.29 is 0 Å². The number of aliphatic imine (C=N–C) groups is 1. The van der Waals surface area contributed by atoms with Gasteiger partial charge in [-0.3, -0.25) is 9.98 Å². The molecule has 1 aromatic carbocycles. The standard InChI is InChI=1S/C20H25ClN4.HI/c1-2-22-19(24-14-10-18-5-3-4-13-23-18)25-15-20(11-12-20)16-6-8-17(21)9-7-16;/h3-9,13H,2,10-12,14-15H2,1H3,(H2,22,24,25);1H. The molecule has 0 unspecified atom stereocenters. The number of benzene rings is 1. The van der Waals surface area contributed by atoms with Crippen molar-refractivity contribution in [3.63, 3.8) is 0 Å². The highest BCUT2D eigenvalue weighted by Gasteiger charge is 2.44. The molecule has 2 aromatic rings. The summed E-state index contributed by atoms with van der Waals surface area (Å²) in [6.45, 7) is 4.55. The summed E-state index contributed by atoms with van der Waals surface area (Å²) in [7, 11) is 0. The van der Waals surface area contributed by atoms with Crippen molar-refractivity contribution in [2.24, 2.45) is 4.99 Å². The van der Waals surface area contributed by atoms with Gasteiger partial charge >= 0.3 is 0 Å². The minimum Gasteiger partial charge on any atom is -0.357 e. The molecule has 1 fully saturated rings. The fourth-order valence-corrected chi connectivity index (χ4v) is 3.05. The maximum absolute atomic E-state index is 6.01. The topological polar surface area (TPSA) is 49.3 Å². The third-order valence-electron chi connectivity index (χ3n) is 4.59. The van der Waals surface area contributed by atoms with Gasteiger partial charge in [0.2, 0.25) is 0 Å². The number of hydrogen-bond acceptors (Lipinski definition) is 2. The van der Waals surface area contributed by atoms with Gasteiger partial charge in [-0.2, -0.15) is 0 Å². The Balaban J connectivity index is 0.00000243. The Labute approximate surface area is 177 Å². The minimum atomic E-state index is 0. The molecule has 0 aliphatic heterocycles. The van der Waals surface area contributed by atoms with Crippen molar-refractivity contribution in [1.82, 2.24) is 15.6 Å². The van der Waals surface area contributed by atoms with Crippen LogP contribution in [-0.2, 0) is 11.8 Å². The molecule has 1 saturated carbocycles. The first-order chi connectivity index (χ1) is 12.2. The van der Waals surface area contributed by atoms with Crippen molar-refractivity contribution >= 4 is 41.5 Å². The zero-order chi connectivity index (χ0) is 17.5. The molecule has 4 nitrogen and oxygen atoms in total. The van der Waals surface area contributed by atoms with Crippen LogP contribution in [0.3, 0.4) is 0 Å². The number of halogens is 2. The van der Waals surface area contributed by atoms with Gasteiger partial charge in [-0.25, -0.2) is 0 Å². The Morgan fingerprint density at radius 3 is 2.54 bits per heavy atom. The number of guanidine groups is 1. The average Bonchev–Trinajstić information content (AvgIpc) is 3.42. The number of nitrogens with zero attached hydrogens (tertiary/aromatic N) is 2. The summed E-state index contributed by atoms with van der Waals surface area (Å²) in [5.74, 6) is 0.874. The highest BCUT2D eigenvalue weighted by atomic mass is 127. The van der Waals surface area contributed by atoms with E-state index in [9.17, 15) is 0 Å². The van der Waals surface area contributed by atoms with E-state index in [1.165, 1.54) is 18.4 Å². The normalized spacial score (nSPS) is 15.1. The summed E-state index contributed by atoms with van der Waals surface area (Å²) >= 11 is 6.01. The Morgan fingerprint density at radius 1 is 1.15 bits per heavy atom. The second-order valence-electron chi connectivity index (χ2n) is 6.48. The van der Waals surface area contributed by atoms with E-state index in [4.69, 9.17) is 16.6 Å². The minimum absolute atomic E-state index is 0. The molecule has 2 N–H and O–H groups in total. The van der Waals surface area contributed by atoms with Crippen LogP contribution in [0, 0.1) is 0 Å². The van der Waals surface area contributed by atoms with Gasteiger partial charge in [0.05, 0.1) is 6.54 Å². The zero-order valence-electron chi connectivity index (χ0n) is 15.0. The first-order valence-corrected chi connectivity index (χ1v) is 9.28. The van der Waals surface area contributed by atoms with Gasteiger partial charge in [-0.05, 0) is 49.6 Å². The van der Waals surface area contributed by atoms with Crippen LogP contribution < -0.4 is 10.6 Å². The van der Waals surface area contributed by atoms with Crippen molar-refractivity contribution in [3.8, 4) is 0 Å². The van der Waals surface area contributed by atoms with Crippen molar-refractivity contribution in [2.75, 3.05) is 19.6 Å². The average molecular weight is 485 g/mol. The Hall–Kier alpha value is -1.34. The highest BCUT2D eigenvalue weighted by molar-refractivity contribution is 14.0. The van der Waals surface area contributed by atoms with Gasteiger partial charge in [0.15, 0.2) is 5.96 Å². The van der Waals surface area contributed by atoms with Crippen LogP contribution in [0.4, 0.5) is 0 Å². The number of nitrogens with one attached hydrogen (secondary N) is 2. The molecule has 1 aromatic heterocycles. The summed E-state index contributed by atoms with van der Waals surface area (Å²) in [5.41, 5.74) is 2.61. The van der Waals surface area contributed by atoms with E-state index in [1.807, 2.05) is 36.5 Å². The van der Waals surface area contributed by atoms with Gasteiger partial charge in [0, 0.05) is 41.8 Å². The van der Waals surface area contributed by atoms with Gasteiger partial charge in [-0.15, -0.1) is 24.0 Å². The molecular weight excluding hydrogens is 459 g/mol. The molecule has 140 valence electrons. The first kappa shape index (κ1) is 21.0. The maximum Gasteiger partial charge on any atom is 0.191 e. The van der Waals surface area contributed by atoms with Crippen LogP contribution in [0.25, 0.3) is 0 Å². The van der Waals surface area contributed by atoms with Crippen molar-refractivity contribution in [3.05, 3.63) is 64.9 Å². The monoisotopic (exact) mass is 484 g/mol. The lowest BCUT2D eigenvalue weighted by molar-refractivity contribution is 0.691. The molecule has 1 heterocycles. The first-order valence-electron chi connectivity index (χ1n) is 8.90. The number of hydrogen-bond donors (Lipinski definition) is 2. The summed E-state index contributed by atoms with van der Waals surface area (Å²) in [5, 5.41) is 7.52. The van der Waals surface area contributed by atoms with E-state index in [0.717, 1.165) is 42.7 Å². The van der Waals surface area contributed by atoms with Crippen LogP contribution in [0.15, 0.2) is 53.7 Å². The fourth-order valence-electron chi connectivity index (χ4n) is 2.92. The number of pyridine rings is 1. The Bertz CT molecular complexity index is 700. The molecule has 3 rings (SSSR count). The fraction of sp³-hybridized carbons (Fsp3) is 0.400. The number of aromatic nitrogens is 1. The van der Waals surface area contributed by atoms with Gasteiger partial charge < -0.3 is 10.6 Å². The molecule has 0 radical (unpaired) electrons. The molecule has 0 saturated heterocycles. The maximum atomic E-state index is 6.01. The SMILES string of the molecule is CCNC(=NCC1(c2ccc(Cl)cc2)CC1)NCCc1ccccn1.I. The zero-order valence-corrected chi connectivity index (χ0v) is 18.1. The van der Waals surface area contributed by atoms with Crippen LogP contribution in [0.2, 0.25) is 5.02 Å². The lowest BCUT2D eigenvalue weighted by Crippen LogP contribution is -2.39. The largest absolute Gasteiger partial charge is 0.357 e. The van der Waals surface area contributed by atoms with Crippen LogP contribution in [0.1, 0.15) is 31.0 Å². The van der Waals surface area contributed by atoms with Gasteiger partial charge in [0.1, 0.15) is 0 Å². The second-order valence-corrected chi connectivity index (χ2v) is 6.92. The van der Waals surface area contributed by atoms with E-state index in [1.54, 1.807) is 0 Å². The van der Waals surface area contributed by atoms with Gasteiger partial charge in [-0.1, -0.05) is 29.8 Å². The predicted octanol–water partition coefficient (Wildman–Crippen LogP) is 4.18. The molecule has 0 spiro atoms. The molecule has 1 aliphatic carbocycles. The molecule has 26 heavy (non-hydrogen) atoms. The third kappa shape index (κ3) is 5.84. The summed E-state index contributed by atoms with van der Waals surface area (Å²) in [6.07, 6.45) is 5.09. The van der Waals surface area contributed by atoms with E-state index < -0.39 is 0 Å². The number of rotatable bonds is 7. The molecule has 0 bridgehead atoms. The summed E-state index contributed by atoms with van der Waals surface area (Å²) < 4.78 is 0. The quantitative estimate of drug-likeness (QED) is 0.352. The van der Waals surface area contributed by atoms with E-state index in [0.29, 0.717) is 0 Å².